The molecule has 0 aliphatic carbocycles. The lowest BCUT2D eigenvalue weighted by molar-refractivity contribution is 0.0210. The van der Waals surface area contributed by atoms with Crippen molar-refractivity contribution in [1.82, 2.24) is 23.6 Å². The Hall–Kier alpha value is -2.81. The third-order valence-electron chi connectivity index (χ3n) is 5.39. The number of morpholine rings is 1. The van der Waals surface area contributed by atoms with E-state index >= 15 is 0 Å². The van der Waals surface area contributed by atoms with Crippen molar-refractivity contribution in [2.75, 3.05) is 26.3 Å². The van der Waals surface area contributed by atoms with Crippen LogP contribution in [0.2, 0.25) is 0 Å². The summed E-state index contributed by atoms with van der Waals surface area (Å²) in [6.45, 7) is 5.64. The first-order valence-electron chi connectivity index (χ1n) is 9.64. The van der Waals surface area contributed by atoms with E-state index in [1.807, 2.05) is 59.9 Å². The van der Waals surface area contributed by atoms with E-state index in [0.717, 1.165) is 29.9 Å². The van der Waals surface area contributed by atoms with Crippen LogP contribution in [0, 0.1) is 11.7 Å². The minimum atomic E-state index is -0.0964. The summed E-state index contributed by atoms with van der Waals surface area (Å²) in [5, 5.41) is 5.41. The van der Waals surface area contributed by atoms with Crippen molar-refractivity contribution in [2.24, 2.45) is 0 Å². The third kappa shape index (κ3) is 3.00. The molecular formula is C21H21N5O2S. The van der Waals surface area contributed by atoms with E-state index in [2.05, 4.69) is 4.90 Å². The number of benzene rings is 2. The predicted octanol–water partition coefficient (Wildman–Crippen LogP) is 2.77. The second-order valence-corrected chi connectivity index (χ2v) is 7.60. The van der Waals surface area contributed by atoms with Gasteiger partial charge in [0.05, 0.1) is 36.5 Å². The molecule has 0 radical (unpaired) electrons. The van der Waals surface area contributed by atoms with Gasteiger partial charge in [0.15, 0.2) is 0 Å². The molecule has 1 fully saturated rings. The Kier molecular flexibility index (Phi) is 4.54. The van der Waals surface area contributed by atoms with Crippen LogP contribution >= 0.6 is 12.2 Å². The number of hydrogen-bond donors (Lipinski definition) is 0. The first-order valence-corrected chi connectivity index (χ1v) is 10.1. The van der Waals surface area contributed by atoms with Crippen LogP contribution in [0.3, 0.4) is 0 Å². The Morgan fingerprint density at radius 1 is 1.07 bits per heavy atom. The molecule has 0 N–H and O–H groups in total. The lowest BCUT2D eigenvalue weighted by Gasteiger charge is -2.25. The fourth-order valence-electron chi connectivity index (χ4n) is 3.87. The van der Waals surface area contributed by atoms with Crippen LogP contribution in [0.15, 0.2) is 53.3 Å². The lowest BCUT2D eigenvalue weighted by Crippen LogP contribution is -2.37. The van der Waals surface area contributed by atoms with Gasteiger partial charge in [-0.2, -0.15) is 0 Å². The highest BCUT2D eigenvalue weighted by Crippen LogP contribution is 2.19. The highest BCUT2D eigenvalue weighted by atomic mass is 32.1. The zero-order valence-electron chi connectivity index (χ0n) is 16.1. The number of ether oxygens (including phenoxy) is 1. The van der Waals surface area contributed by atoms with Crippen molar-refractivity contribution in [3.8, 4) is 5.69 Å². The molecule has 0 atom stereocenters. The van der Waals surface area contributed by atoms with Crippen LogP contribution in [0.25, 0.3) is 22.4 Å². The van der Waals surface area contributed by atoms with Gasteiger partial charge in [-0.1, -0.05) is 30.3 Å². The number of aryl methyl sites for hydroxylation is 1. The molecular weight excluding hydrogens is 386 g/mol. The summed E-state index contributed by atoms with van der Waals surface area (Å²) in [7, 11) is 0. The molecule has 148 valence electrons. The molecule has 0 bridgehead atoms. The molecule has 3 heterocycles. The number of nitrogens with zero attached hydrogens (tertiary/aromatic N) is 5. The molecule has 8 heteroatoms. The van der Waals surface area contributed by atoms with Gasteiger partial charge in [0.25, 0.3) is 5.56 Å². The van der Waals surface area contributed by atoms with Gasteiger partial charge in [-0.3, -0.25) is 14.1 Å². The minimum Gasteiger partial charge on any atom is -0.379 e. The fraction of sp³-hybridized carbons (Fsp3) is 0.286. The molecule has 5 rings (SSSR count). The van der Waals surface area contributed by atoms with E-state index in [4.69, 9.17) is 22.1 Å². The number of rotatable bonds is 3. The van der Waals surface area contributed by atoms with Crippen molar-refractivity contribution in [1.29, 1.82) is 0 Å². The van der Waals surface area contributed by atoms with Crippen LogP contribution in [0.1, 0.15) is 5.56 Å². The van der Waals surface area contributed by atoms with Gasteiger partial charge in [0.1, 0.15) is 0 Å². The van der Waals surface area contributed by atoms with Gasteiger partial charge in [0.2, 0.25) is 10.5 Å². The largest absolute Gasteiger partial charge is 0.379 e. The van der Waals surface area contributed by atoms with Crippen molar-refractivity contribution in [3.63, 3.8) is 0 Å². The number of hydrogen-bond acceptors (Lipinski definition) is 5. The third-order valence-corrected chi connectivity index (χ3v) is 5.79. The Balaban J connectivity index is 1.82. The summed E-state index contributed by atoms with van der Waals surface area (Å²) < 4.78 is 11.4. The maximum absolute atomic E-state index is 13.4. The molecule has 0 unspecified atom stereocenters. The van der Waals surface area contributed by atoms with Gasteiger partial charge in [0, 0.05) is 13.1 Å². The lowest BCUT2D eigenvalue weighted by atomic mass is 10.2. The van der Waals surface area contributed by atoms with Crippen LogP contribution < -0.4 is 5.56 Å². The van der Waals surface area contributed by atoms with Crippen LogP contribution in [0.5, 0.6) is 0 Å². The minimum absolute atomic E-state index is 0.0964. The molecule has 4 aromatic rings. The standard InChI is InChI=1S/C21H21N5O2S/c1-15-6-2-4-8-17(15)25-19(27)16-7-3-5-9-18(16)26-20(25)22-24(21(26)29)14-23-10-12-28-13-11-23/h2-9H,10-14H2,1H3. The SMILES string of the molecule is Cc1ccccc1-n1c(=O)c2ccccc2n2c(=S)n(CN3CCOCC3)nc12. The zero-order valence-corrected chi connectivity index (χ0v) is 16.9. The molecule has 0 spiro atoms. The van der Waals surface area contributed by atoms with Crippen molar-refractivity contribution in [3.05, 3.63) is 69.2 Å². The van der Waals surface area contributed by atoms with E-state index in [1.165, 1.54) is 0 Å². The van der Waals surface area contributed by atoms with E-state index in [1.54, 1.807) is 9.25 Å². The molecule has 2 aromatic heterocycles. The molecule has 1 aliphatic heterocycles. The predicted molar refractivity (Wildman–Crippen MR) is 114 cm³/mol. The summed E-state index contributed by atoms with van der Waals surface area (Å²) in [6.07, 6.45) is 0. The topological polar surface area (TPSA) is 56.7 Å². The van der Waals surface area contributed by atoms with Crippen LogP contribution in [-0.2, 0) is 11.4 Å². The Bertz CT molecular complexity index is 1330. The summed E-state index contributed by atoms with van der Waals surface area (Å²) in [6, 6.07) is 15.4. The van der Waals surface area contributed by atoms with Gasteiger partial charge in [-0.05, 0) is 42.9 Å². The average Bonchev–Trinajstić information content (AvgIpc) is 3.06. The maximum Gasteiger partial charge on any atom is 0.267 e. The van der Waals surface area contributed by atoms with E-state index in [-0.39, 0.29) is 5.56 Å². The molecule has 0 saturated carbocycles. The number of aromatic nitrogens is 4. The first-order chi connectivity index (χ1) is 14.1. The van der Waals surface area contributed by atoms with Gasteiger partial charge in [-0.15, -0.1) is 5.10 Å². The second-order valence-electron chi connectivity index (χ2n) is 7.23. The van der Waals surface area contributed by atoms with Crippen molar-refractivity contribution in [2.45, 2.75) is 13.6 Å². The van der Waals surface area contributed by atoms with E-state index in [9.17, 15) is 4.79 Å². The van der Waals surface area contributed by atoms with E-state index < -0.39 is 0 Å². The summed E-state index contributed by atoms with van der Waals surface area (Å²) in [4.78, 5) is 15.7. The molecule has 1 aliphatic rings. The Morgan fingerprint density at radius 2 is 1.79 bits per heavy atom. The van der Waals surface area contributed by atoms with Crippen LogP contribution in [0.4, 0.5) is 0 Å². The van der Waals surface area contributed by atoms with Crippen LogP contribution in [-0.4, -0.2) is 50.0 Å². The molecule has 7 nitrogen and oxygen atoms in total. The quantitative estimate of drug-likeness (QED) is 0.489. The summed E-state index contributed by atoms with van der Waals surface area (Å²) in [5.74, 6) is 0.529. The number of fused-ring (bicyclic) bond motifs is 3. The highest BCUT2D eigenvalue weighted by molar-refractivity contribution is 7.71. The fourth-order valence-corrected chi connectivity index (χ4v) is 4.15. The molecule has 29 heavy (non-hydrogen) atoms. The molecule has 0 amide bonds. The average molecular weight is 407 g/mol. The zero-order chi connectivity index (χ0) is 20.0. The smallest absolute Gasteiger partial charge is 0.267 e. The van der Waals surface area contributed by atoms with Crippen molar-refractivity contribution >= 4 is 28.9 Å². The monoisotopic (exact) mass is 407 g/mol. The normalized spacial score (nSPS) is 15.3. The van der Waals surface area contributed by atoms with Crippen molar-refractivity contribution < 1.29 is 4.74 Å². The molecule has 2 aromatic carbocycles. The Morgan fingerprint density at radius 3 is 2.59 bits per heavy atom. The Labute approximate surface area is 172 Å². The maximum atomic E-state index is 13.4. The first kappa shape index (κ1) is 18.2. The van der Waals surface area contributed by atoms with E-state index in [0.29, 0.717) is 35.8 Å². The number of para-hydroxylation sites is 2. The van der Waals surface area contributed by atoms with Gasteiger partial charge >= 0.3 is 0 Å². The second kappa shape index (κ2) is 7.22. The summed E-state index contributed by atoms with van der Waals surface area (Å²) in [5.41, 5.74) is 2.49. The highest BCUT2D eigenvalue weighted by Gasteiger charge is 2.19. The molecule has 1 saturated heterocycles. The van der Waals surface area contributed by atoms with Gasteiger partial charge < -0.3 is 4.74 Å². The van der Waals surface area contributed by atoms with Gasteiger partial charge in [-0.25, -0.2) is 9.25 Å². The summed E-state index contributed by atoms with van der Waals surface area (Å²) >= 11 is 5.80.